The minimum atomic E-state index is -0.687. The highest BCUT2D eigenvalue weighted by atomic mass is 16.5. The van der Waals surface area contributed by atoms with Gasteiger partial charge in [0, 0.05) is 12.6 Å². The van der Waals surface area contributed by atoms with Crippen LogP contribution in [0.25, 0.3) is 0 Å². The Morgan fingerprint density at radius 1 is 1.20 bits per heavy atom. The zero-order valence-corrected chi connectivity index (χ0v) is 11.1. The van der Waals surface area contributed by atoms with Gasteiger partial charge in [-0.1, -0.05) is 36.4 Å². The van der Waals surface area contributed by atoms with Crippen molar-refractivity contribution in [3.8, 4) is 0 Å². The van der Waals surface area contributed by atoms with Crippen LogP contribution in [0.5, 0.6) is 0 Å². The summed E-state index contributed by atoms with van der Waals surface area (Å²) in [5, 5.41) is 4.57. The van der Waals surface area contributed by atoms with Crippen molar-refractivity contribution in [3.63, 3.8) is 0 Å². The maximum absolute atomic E-state index is 11.4. The number of nitrogens with one attached hydrogen (secondary N) is 2. The predicted octanol–water partition coefficient (Wildman–Crippen LogP) is 1.13. The Labute approximate surface area is 116 Å². The summed E-state index contributed by atoms with van der Waals surface area (Å²) in [5.74, 6) is -1.32. The number of benzene rings is 1. The normalized spacial score (nSPS) is 10.1. The fourth-order valence-corrected chi connectivity index (χ4v) is 1.31. The highest BCUT2D eigenvalue weighted by Crippen LogP contribution is 1.96. The Morgan fingerprint density at radius 2 is 1.90 bits per heavy atom. The van der Waals surface area contributed by atoms with Crippen molar-refractivity contribution < 1.29 is 19.1 Å². The second-order valence-corrected chi connectivity index (χ2v) is 3.82. The lowest BCUT2D eigenvalue weighted by Gasteiger charge is -2.06. The number of esters is 1. The number of amides is 3. The third kappa shape index (κ3) is 6.34. The average molecular weight is 276 g/mol. The molecule has 0 unspecified atom stereocenters. The second kappa shape index (κ2) is 8.47. The van der Waals surface area contributed by atoms with Crippen LogP contribution in [0.3, 0.4) is 0 Å². The molecule has 0 radical (unpaired) electrons. The van der Waals surface area contributed by atoms with Gasteiger partial charge < -0.3 is 10.1 Å². The van der Waals surface area contributed by atoms with E-state index in [2.05, 4.69) is 15.4 Å². The van der Waals surface area contributed by atoms with E-state index in [-0.39, 0.29) is 0 Å². The molecule has 0 heterocycles. The number of hydrogen-bond donors (Lipinski definition) is 2. The number of urea groups is 1. The number of rotatable bonds is 5. The van der Waals surface area contributed by atoms with Crippen LogP contribution < -0.4 is 10.6 Å². The quantitative estimate of drug-likeness (QED) is 0.623. The zero-order valence-electron chi connectivity index (χ0n) is 11.1. The van der Waals surface area contributed by atoms with Gasteiger partial charge in [-0.2, -0.15) is 0 Å². The Bertz CT molecular complexity index is 497. The molecule has 1 aromatic carbocycles. The number of hydrogen-bond acceptors (Lipinski definition) is 4. The molecule has 6 heteroatoms. The van der Waals surface area contributed by atoms with Crippen LogP contribution >= 0.6 is 0 Å². The third-order valence-corrected chi connectivity index (χ3v) is 2.20. The van der Waals surface area contributed by atoms with E-state index in [1.807, 2.05) is 30.3 Å². The van der Waals surface area contributed by atoms with E-state index in [1.54, 1.807) is 6.92 Å². The topological polar surface area (TPSA) is 84.5 Å². The molecular weight excluding hydrogens is 260 g/mol. The zero-order chi connectivity index (χ0) is 14.8. The standard InChI is InChI=1S/C14H16N2O4/c1-2-6-13(18)20-10-12(17)16-14(19)15-9-11-7-4-3-5-8-11/h2-8H,9-10H2,1H3,(H2,15,16,17,19)/b6-2+. The molecular formula is C14H16N2O4. The lowest BCUT2D eigenvalue weighted by atomic mass is 10.2. The van der Waals surface area contributed by atoms with Gasteiger partial charge in [-0.05, 0) is 12.5 Å². The Kier molecular flexibility index (Phi) is 6.53. The van der Waals surface area contributed by atoms with Gasteiger partial charge in [-0.15, -0.1) is 0 Å². The number of carbonyl (C=O) groups excluding carboxylic acids is 3. The monoisotopic (exact) mass is 276 g/mol. The first kappa shape index (κ1) is 15.4. The number of imide groups is 1. The number of allylic oxidation sites excluding steroid dienone is 1. The van der Waals surface area contributed by atoms with Gasteiger partial charge in [0.2, 0.25) is 0 Å². The van der Waals surface area contributed by atoms with Crippen LogP contribution in [0, 0.1) is 0 Å². The smallest absolute Gasteiger partial charge is 0.330 e. The van der Waals surface area contributed by atoms with Gasteiger partial charge in [0.05, 0.1) is 0 Å². The molecule has 1 rings (SSSR count). The molecule has 3 amide bonds. The number of carbonyl (C=O) groups is 3. The molecule has 0 spiro atoms. The summed E-state index contributed by atoms with van der Waals surface area (Å²) in [4.78, 5) is 33.7. The van der Waals surface area contributed by atoms with Crippen molar-refractivity contribution >= 4 is 17.9 Å². The average Bonchev–Trinajstić information content (AvgIpc) is 2.44. The van der Waals surface area contributed by atoms with Crippen LogP contribution in [-0.4, -0.2) is 24.5 Å². The predicted molar refractivity (Wildman–Crippen MR) is 72.6 cm³/mol. The summed E-state index contributed by atoms with van der Waals surface area (Å²) in [6.45, 7) is 1.46. The summed E-state index contributed by atoms with van der Waals surface area (Å²) in [5.41, 5.74) is 0.912. The van der Waals surface area contributed by atoms with E-state index in [0.717, 1.165) is 5.56 Å². The summed E-state index contributed by atoms with van der Waals surface area (Å²) < 4.78 is 4.59. The van der Waals surface area contributed by atoms with Gasteiger partial charge in [0.25, 0.3) is 5.91 Å². The van der Waals surface area contributed by atoms with Crippen LogP contribution in [0.1, 0.15) is 12.5 Å². The Morgan fingerprint density at radius 3 is 2.55 bits per heavy atom. The molecule has 6 nitrogen and oxygen atoms in total. The molecule has 0 aliphatic heterocycles. The first-order valence-electron chi connectivity index (χ1n) is 6.03. The first-order chi connectivity index (χ1) is 9.61. The molecule has 1 aromatic rings. The van der Waals surface area contributed by atoms with Crippen molar-refractivity contribution in [1.82, 2.24) is 10.6 Å². The van der Waals surface area contributed by atoms with E-state index in [1.165, 1.54) is 12.2 Å². The summed E-state index contributed by atoms with van der Waals surface area (Å²) in [7, 11) is 0. The molecule has 106 valence electrons. The van der Waals surface area contributed by atoms with Crippen molar-refractivity contribution in [2.75, 3.05) is 6.61 Å². The fourth-order valence-electron chi connectivity index (χ4n) is 1.31. The van der Waals surface area contributed by atoms with Crippen molar-refractivity contribution in [2.45, 2.75) is 13.5 Å². The molecule has 0 aliphatic rings. The lowest BCUT2D eigenvalue weighted by molar-refractivity contribution is -0.143. The van der Waals surface area contributed by atoms with E-state index < -0.39 is 24.5 Å². The summed E-state index contributed by atoms with van der Waals surface area (Å²) in [6.07, 6.45) is 2.68. The van der Waals surface area contributed by atoms with Gasteiger partial charge in [0.1, 0.15) is 0 Å². The van der Waals surface area contributed by atoms with E-state index in [9.17, 15) is 14.4 Å². The maximum Gasteiger partial charge on any atom is 0.330 e. The van der Waals surface area contributed by atoms with Gasteiger partial charge in [0.15, 0.2) is 6.61 Å². The van der Waals surface area contributed by atoms with Crippen LogP contribution in [0.4, 0.5) is 4.79 Å². The van der Waals surface area contributed by atoms with Gasteiger partial charge in [-0.3, -0.25) is 10.1 Å². The Balaban J connectivity index is 2.25. The van der Waals surface area contributed by atoms with Crippen LogP contribution in [-0.2, 0) is 20.9 Å². The number of ether oxygens (including phenoxy) is 1. The first-order valence-corrected chi connectivity index (χ1v) is 6.03. The van der Waals surface area contributed by atoms with Crippen molar-refractivity contribution in [2.24, 2.45) is 0 Å². The molecule has 0 aromatic heterocycles. The highest BCUT2D eigenvalue weighted by molar-refractivity contribution is 5.96. The molecule has 2 N–H and O–H groups in total. The van der Waals surface area contributed by atoms with Gasteiger partial charge in [-0.25, -0.2) is 9.59 Å². The van der Waals surface area contributed by atoms with E-state index in [4.69, 9.17) is 0 Å². The molecule has 0 aliphatic carbocycles. The molecule has 0 bridgehead atoms. The van der Waals surface area contributed by atoms with Crippen LogP contribution in [0.2, 0.25) is 0 Å². The molecule has 0 fully saturated rings. The SMILES string of the molecule is C/C=C/C(=O)OCC(=O)NC(=O)NCc1ccccc1. The molecule has 20 heavy (non-hydrogen) atoms. The van der Waals surface area contributed by atoms with Crippen molar-refractivity contribution in [3.05, 3.63) is 48.0 Å². The molecule has 0 saturated heterocycles. The van der Waals surface area contributed by atoms with Crippen LogP contribution in [0.15, 0.2) is 42.5 Å². The Hall–Kier alpha value is -2.63. The minimum absolute atomic E-state index is 0.304. The third-order valence-electron chi connectivity index (χ3n) is 2.20. The summed E-state index contributed by atoms with van der Waals surface area (Å²) >= 11 is 0. The molecule has 0 atom stereocenters. The minimum Gasteiger partial charge on any atom is -0.452 e. The fraction of sp³-hybridized carbons (Fsp3) is 0.214. The largest absolute Gasteiger partial charge is 0.452 e. The van der Waals surface area contributed by atoms with Crippen molar-refractivity contribution in [1.29, 1.82) is 0 Å². The maximum atomic E-state index is 11.4. The van der Waals surface area contributed by atoms with E-state index >= 15 is 0 Å². The highest BCUT2D eigenvalue weighted by Gasteiger charge is 2.09. The lowest BCUT2D eigenvalue weighted by Crippen LogP contribution is -2.41. The van der Waals surface area contributed by atoms with E-state index in [0.29, 0.717) is 6.54 Å². The molecule has 0 saturated carbocycles. The second-order valence-electron chi connectivity index (χ2n) is 3.82. The summed E-state index contributed by atoms with van der Waals surface area (Å²) in [6, 6.07) is 8.62. The van der Waals surface area contributed by atoms with Gasteiger partial charge >= 0.3 is 12.0 Å².